The molecule has 1 aromatic rings. The van der Waals surface area contributed by atoms with Gasteiger partial charge in [0.05, 0.1) is 6.61 Å². The Kier molecular flexibility index (Phi) is 12.7. The van der Waals surface area contributed by atoms with Crippen molar-refractivity contribution in [2.45, 2.75) is 97.8 Å². The zero-order valence-corrected chi connectivity index (χ0v) is 17.1. The van der Waals surface area contributed by atoms with Crippen LogP contribution in [0.2, 0.25) is 0 Å². The summed E-state index contributed by atoms with van der Waals surface area (Å²) in [5, 5.41) is 0. The minimum atomic E-state index is -0.566. The highest BCUT2D eigenvalue weighted by atomic mass is 16.7. The molecule has 0 fully saturated rings. The first kappa shape index (κ1) is 22.5. The van der Waals surface area contributed by atoms with Crippen LogP contribution < -0.4 is 4.74 Å². The Labute approximate surface area is 160 Å². The Hall–Kier alpha value is -1.51. The SMILES string of the molecule is CCCCCCCCOC(=O)Oc1cccc(CCCC)c1CCCC. The lowest BCUT2D eigenvalue weighted by atomic mass is 9.97. The van der Waals surface area contributed by atoms with Crippen molar-refractivity contribution in [2.75, 3.05) is 6.61 Å². The van der Waals surface area contributed by atoms with E-state index in [1.807, 2.05) is 12.1 Å². The van der Waals surface area contributed by atoms with Crippen molar-refractivity contribution in [1.29, 1.82) is 0 Å². The molecule has 0 atom stereocenters. The minimum absolute atomic E-state index is 0.449. The van der Waals surface area contributed by atoms with Crippen molar-refractivity contribution < 1.29 is 14.3 Å². The molecule has 0 unspecified atom stereocenters. The summed E-state index contributed by atoms with van der Waals surface area (Å²) in [4.78, 5) is 12.1. The largest absolute Gasteiger partial charge is 0.513 e. The van der Waals surface area contributed by atoms with Crippen molar-refractivity contribution >= 4 is 6.16 Å². The van der Waals surface area contributed by atoms with E-state index in [-0.39, 0.29) is 0 Å². The van der Waals surface area contributed by atoms with E-state index in [9.17, 15) is 4.79 Å². The highest BCUT2D eigenvalue weighted by Gasteiger charge is 2.13. The average Bonchev–Trinajstić information content (AvgIpc) is 2.64. The number of aryl methyl sites for hydroxylation is 1. The van der Waals surface area contributed by atoms with Crippen molar-refractivity contribution in [2.24, 2.45) is 0 Å². The van der Waals surface area contributed by atoms with Crippen LogP contribution in [0.5, 0.6) is 5.75 Å². The third-order valence-corrected chi connectivity index (χ3v) is 4.72. The van der Waals surface area contributed by atoms with Crippen LogP contribution in [0.1, 0.15) is 96.1 Å². The Balaban J connectivity index is 2.51. The molecule has 0 amide bonds. The predicted octanol–water partition coefficient (Wildman–Crippen LogP) is 7.25. The van der Waals surface area contributed by atoms with Gasteiger partial charge in [0.15, 0.2) is 0 Å². The topological polar surface area (TPSA) is 35.5 Å². The molecule has 1 aromatic carbocycles. The number of carbonyl (C=O) groups excluding carboxylic acids is 1. The van der Waals surface area contributed by atoms with Gasteiger partial charge in [-0.15, -0.1) is 0 Å². The van der Waals surface area contributed by atoms with Crippen LogP contribution in [0.15, 0.2) is 18.2 Å². The maximum absolute atomic E-state index is 12.1. The first-order valence-electron chi connectivity index (χ1n) is 10.7. The first-order valence-corrected chi connectivity index (χ1v) is 10.7. The van der Waals surface area contributed by atoms with E-state index in [1.165, 1.54) is 43.2 Å². The van der Waals surface area contributed by atoms with E-state index >= 15 is 0 Å². The summed E-state index contributed by atoms with van der Waals surface area (Å²) in [6, 6.07) is 6.04. The number of hydrogen-bond donors (Lipinski definition) is 0. The summed E-state index contributed by atoms with van der Waals surface area (Å²) in [5.74, 6) is 0.681. The molecule has 1 rings (SSSR count). The number of carbonyl (C=O) groups is 1. The Morgan fingerprint density at radius 1 is 0.808 bits per heavy atom. The number of hydrogen-bond acceptors (Lipinski definition) is 3. The molecule has 0 aromatic heterocycles. The maximum Gasteiger partial charge on any atom is 0.513 e. The van der Waals surface area contributed by atoms with E-state index < -0.39 is 6.16 Å². The van der Waals surface area contributed by atoms with Gasteiger partial charge >= 0.3 is 6.16 Å². The van der Waals surface area contributed by atoms with Gasteiger partial charge in [0, 0.05) is 0 Å². The third kappa shape index (κ3) is 9.26. The third-order valence-electron chi connectivity index (χ3n) is 4.72. The first-order chi connectivity index (χ1) is 12.7. The van der Waals surface area contributed by atoms with Crippen LogP contribution in [0.25, 0.3) is 0 Å². The smallest absolute Gasteiger partial charge is 0.434 e. The fraction of sp³-hybridized carbons (Fsp3) is 0.696. The molecule has 0 radical (unpaired) electrons. The molecule has 0 aliphatic carbocycles. The quantitative estimate of drug-likeness (QED) is 0.199. The highest BCUT2D eigenvalue weighted by Crippen LogP contribution is 2.26. The molecule has 0 spiro atoms. The second kappa shape index (κ2) is 14.6. The lowest BCUT2D eigenvalue weighted by molar-refractivity contribution is 0.0969. The molecule has 0 saturated carbocycles. The second-order valence-electron chi connectivity index (χ2n) is 7.07. The Bertz CT molecular complexity index is 496. The number of rotatable bonds is 14. The van der Waals surface area contributed by atoms with E-state index in [4.69, 9.17) is 9.47 Å². The molecular formula is C23H38O3. The number of benzene rings is 1. The molecular weight excluding hydrogens is 324 g/mol. The fourth-order valence-electron chi connectivity index (χ4n) is 3.10. The predicted molar refractivity (Wildman–Crippen MR) is 109 cm³/mol. The lowest BCUT2D eigenvalue weighted by Gasteiger charge is -2.14. The van der Waals surface area contributed by atoms with Crippen LogP contribution in [-0.2, 0) is 17.6 Å². The van der Waals surface area contributed by atoms with Crippen LogP contribution in [-0.4, -0.2) is 12.8 Å². The van der Waals surface area contributed by atoms with Crippen molar-refractivity contribution in [1.82, 2.24) is 0 Å². The van der Waals surface area contributed by atoms with Gasteiger partial charge < -0.3 is 9.47 Å². The zero-order valence-electron chi connectivity index (χ0n) is 17.1. The standard InChI is InChI=1S/C23H38O3/c1-4-7-10-11-12-13-19-25-23(24)26-22-18-14-16-20(15-8-5-2)21(22)17-9-6-3/h14,16,18H,4-13,15,17,19H2,1-3H3. The van der Waals surface area contributed by atoms with Crippen LogP contribution in [0.3, 0.4) is 0 Å². The average molecular weight is 363 g/mol. The lowest BCUT2D eigenvalue weighted by Crippen LogP contribution is -2.13. The Morgan fingerprint density at radius 2 is 1.46 bits per heavy atom. The van der Waals surface area contributed by atoms with E-state index in [1.54, 1.807) is 0 Å². The van der Waals surface area contributed by atoms with Crippen LogP contribution in [0.4, 0.5) is 4.79 Å². The molecule has 3 heteroatoms. The second-order valence-corrected chi connectivity index (χ2v) is 7.07. The molecule has 0 aliphatic rings. The molecule has 0 saturated heterocycles. The number of ether oxygens (including phenoxy) is 2. The molecule has 3 nitrogen and oxygen atoms in total. The summed E-state index contributed by atoms with van der Waals surface area (Å²) >= 11 is 0. The molecule has 0 bridgehead atoms. The van der Waals surface area contributed by atoms with Gasteiger partial charge in [-0.2, -0.15) is 0 Å². The van der Waals surface area contributed by atoms with Gasteiger partial charge in [0.2, 0.25) is 0 Å². The summed E-state index contributed by atoms with van der Waals surface area (Å²) < 4.78 is 10.8. The molecule has 26 heavy (non-hydrogen) atoms. The highest BCUT2D eigenvalue weighted by molar-refractivity contribution is 5.65. The summed E-state index contributed by atoms with van der Waals surface area (Å²) in [6.07, 6.45) is 13.0. The normalized spacial score (nSPS) is 10.7. The summed E-state index contributed by atoms with van der Waals surface area (Å²) in [7, 11) is 0. The van der Waals surface area contributed by atoms with Gasteiger partial charge in [0.25, 0.3) is 0 Å². The minimum Gasteiger partial charge on any atom is -0.434 e. The van der Waals surface area contributed by atoms with Gasteiger partial charge in [-0.25, -0.2) is 4.79 Å². The van der Waals surface area contributed by atoms with Crippen molar-refractivity contribution in [3.63, 3.8) is 0 Å². The van der Waals surface area contributed by atoms with Gasteiger partial charge in [0.1, 0.15) is 5.75 Å². The van der Waals surface area contributed by atoms with E-state index in [2.05, 4.69) is 26.8 Å². The monoisotopic (exact) mass is 362 g/mol. The molecule has 0 aliphatic heterocycles. The van der Waals surface area contributed by atoms with Crippen molar-refractivity contribution in [3.05, 3.63) is 29.3 Å². The molecule has 0 heterocycles. The summed E-state index contributed by atoms with van der Waals surface area (Å²) in [6.45, 7) is 7.05. The van der Waals surface area contributed by atoms with E-state index in [0.717, 1.165) is 44.9 Å². The maximum atomic E-state index is 12.1. The van der Waals surface area contributed by atoms with Gasteiger partial charge in [-0.05, 0) is 49.3 Å². The van der Waals surface area contributed by atoms with E-state index in [0.29, 0.717) is 12.4 Å². The van der Waals surface area contributed by atoms with Gasteiger partial charge in [-0.3, -0.25) is 0 Å². The fourth-order valence-corrected chi connectivity index (χ4v) is 3.10. The van der Waals surface area contributed by atoms with Gasteiger partial charge in [-0.1, -0.05) is 77.8 Å². The molecule has 148 valence electrons. The summed E-state index contributed by atoms with van der Waals surface area (Å²) in [5.41, 5.74) is 2.49. The molecule has 0 N–H and O–H groups in total. The van der Waals surface area contributed by atoms with Crippen molar-refractivity contribution in [3.8, 4) is 5.75 Å². The Morgan fingerprint density at radius 3 is 2.19 bits per heavy atom. The van der Waals surface area contributed by atoms with Crippen LogP contribution in [0, 0.1) is 0 Å². The zero-order chi connectivity index (χ0) is 19.0. The number of unbranched alkanes of at least 4 members (excludes halogenated alkanes) is 7. The van der Waals surface area contributed by atoms with Crippen LogP contribution >= 0.6 is 0 Å².